The molecule has 1 saturated heterocycles. The number of halogens is 1. The minimum Gasteiger partial charge on any atom is -0.467 e. The van der Waals surface area contributed by atoms with Crippen LogP contribution in [0, 0.1) is 12.7 Å². The Morgan fingerprint density at radius 2 is 1.90 bits per heavy atom. The van der Waals surface area contributed by atoms with Gasteiger partial charge in [0.2, 0.25) is 5.95 Å². The van der Waals surface area contributed by atoms with Gasteiger partial charge in [-0.3, -0.25) is 10.3 Å². The van der Waals surface area contributed by atoms with E-state index in [4.69, 9.17) is 4.74 Å². The number of guanidine groups is 1. The number of likely N-dealkylation sites (tertiary alicyclic amines) is 1. The summed E-state index contributed by atoms with van der Waals surface area (Å²) in [6.07, 6.45) is 3.28. The Kier molecular flexibility index (Phi) is 5.10. The SMILES string of the molecule is COc1nc(C)nc(N2C(/N=C/c3ccc(F)cc3)=NNC23CCN(C)CC3)n1. The van der Waals surface area contributed by atoms with Gasteiger partial charge < -0.3 is 9.64 Å². The lowest BCUT2D eigenvalue weighted by atomic mass is 9.96. The Labute approximate surface area is 168 Å². The number of methoxy groups -OCH3 is 1. The Hall–Kier alpha value is -3.14. The number of nitrogens with one attached hydrogen (secondary N) is 1. The molecule has 2 aliphatic heterocycles. The Morgan fingerprint density at radius 3 is 2.59 bits per heavy atom. The van der Waals surface area contributed by atoms with Crippen molar-refractivity contribution in [2.75, 3.05) is 32.1 Å². The molecule has 1 spiro atoms. The van der Waals surface area contributed by atoms with Gasteiger partial charge in [-0.15, -0.1) is 5.10 Å². The number of ether oxygens (including phenoxy) is 1. The second kappa shape index (κ2) is 7.70. The molecule has 1 aromatic heterocycles. The van der Waals surface area contributed by atoms with Gasteiger partial charge in [0.05, 0.1) is 7.11 Å². The molecule has 29 heavy (non-hydrogen) atoms. The summed E-state index contributed by atoms with van der Waals surface area (Å²) in [5, 5.41) is 4.47. The summed E-state index contributed by atoms with van der Waals surface area (Å²) in [4.78, 5) is 21.9. The fourth-order valence-electron chi connectivity index (χ4n) is 3.45. The first-order chi connectivity index (χ1) is 14.0. The maximum absolute atomic E-state index is 13.2. The van der Waals surface area contributed by atoms with Crippen LogP contribution in [-0.2, 0) is 0 Å². The number of hydrogen-bond donors (Lipinski definition) is 1. The largest absolute Gasteiger partial charge is 0.467 e. The minimum absolute atomic E-state index is 0.240. The zero-order valence-corrected chi connectivity index (χ0v) is 16.6. The van der Waals surface area contributed by atoms with Gasteiger partial charge in [-0.25, -0.2) is 9.38 Å². The van der Waals surface area contributed by atoms with Crippen molar-refractivity contribution in [3.63, 3.8) is 0 Å². The summed E-state index contributed by atoms with van der Waals surface area (Å²) in [6, 6.07) is 6.35. The van der Waals surface area contributed by atoms with E-state index in [9.17, 15) is 4.39 Å². The molecule has 2 aliphatic rings. The summed E-state index contributed by atoms with van der Waals surface area (Å²) in [5.41, 5.74) is 3.56. The van der Waals surface area contributed by atoms with E-state index in [0.29, 0.717) is 17.7 Å². The number of nitrogens with zero attached hydrogens (tertiary/aromatic N) is 7. The number of aromatic nitrogens is 3. The van der Waals surface area contributed by atoms with Crippen molar-refractivity contribution in [3.05, 3.63) is 41.5 Å². The molecule has 0 radical (unpaired) electrons. The Balaban J connectivity index is 1.70. The molecule has 1 N–H and O–H groups in total. The number of hydrogen-bond acceptors (Lipinski definition) is 9. The highest BCUT2D eigenvalue weighted by molar-refractivity contribution is 6.03. The van der Waals surface area contributed by atoms with Crippen molar-refractivity contribution >= 4 is 18.1 Å². The maximum atomic E-state index is 13.2. The van der Waals surface area contributed by atoms with Crippen LogP contribution in [0.4, 0.5) is 10.3 Å². The maximum Gasteiger partial charge on any atom is 0.321 e. The highest BCUT2D eigenvalue weighted by atomic mass is 19.1. The van der Waals surface area contributed by atoms with E-state index in [-0.39, 0.29) is 11.8 Å². The van der Waals surface area contributed by atoms with Crippen LogP contribution in [0.5, 0.6) is 6.01 Å². The lowest BCUT2D eigenvalue weighted by Crippen LogP contribution is -2.60. The predicted molar refractivity (Wildman–Crippen MR) is 108 cm³/mol. The quantitative estimate of drug-likeness (QED) is 0.785. The van der Waals surface area contributed by atoms with Gasteiger partial charge in [0.1, 0.15) is 17.3 Å². The molecule has 4 rings (SSSR count). The average molecular weight is 398 g/mol. The molecular formula is C19H23FN8O. The van der Waals surface area contributed by atoms with Crippen LogP contribution in [0.2, 0.25) is 0 Å². The average Bonchev–Trinajstić information content (AvgIpc) is 3.07. The third-order valence-electron chi connectivity index (χ3n) is 5.10. The zero-order valence-electron chi connectivity index (χ0n) is 16.6. The molecule has 3 heterocycles. The lowest BCUT2D eigenvalue weighted by molar-refractivity contribution is 0.171. The van der Waals surface area contributed by atoms with Crippen molar-refractivity contribution in [3.8, 4) is 6.01 Å². The van der Waals surface area contributed by atoms with Crippen LogP contribution in [0.1, 0.15) is 24.2 Å². The molecule has 0 atom stereocenters. The van der Waals surface area contributed by atoms with E-state index in [1.807, 2.05) is 4.90 Å². The Morgan fingerprint density at radius 1 is 1.17 bits per heavy atom. The minimum atomic E-state index is -0.471. The summed E-state index contributed by atoms with van der Waals surface area (Å²) in [7, 11) is 3.62. The number of aryl methyl sites for hydroxylation is 1. The molecule has 0 bridgehead atoms. The summed E-state index contributed by atoms with van der Waals surface area (Å²) < 4.78 is 18.4. The van der Waals surface area contributed by atoms with E-state index < -0.39 is 5.66 Å². The zero-order chi connectivity index (χ0) is 20.4. The highest BCUT2D eigenvalue weighted by Crippen LogP contribution is 2.33. The van der Waals surface area contributed by atoms with E-state index in [2.05, 4.69) is 42.4 Å². The van der Waals surface area contributed by atoms with Crippen LogP contribution in [0.25, 0.3) is 0 Å². The van der Waals surface area contributed by atoms with Crippen molar-refractivity contribution in [1.82, 2.24) is 25.3 Å². The van der Waals surface area contributed by atoms with Gasteiger partial charge in [-0.05, 0) is 31.7 Å². The van der Waals surface area contributed by atoms with Crippen LogP contribution in [-0.4, -0.2) is 64.9 Å². The van der Waals surface area contributed by atoms with Gasteiger partial charge in [0, 0.05) is 32.1 Å². The number of piperidine rings is 1. The number of aliphatic imine (C=N–C) groups is 1. The van der Waals surface area contributed by atoms with Crippen molar-refractivity contribution in [2.24, 2.45) is 10.1 Å². The molecule has 0 amide bonds. The monoisotopic (exact) mass is 398 g/mol. The Bertz CT molecular complexity index is 938. The first kappa shape index (κ1) is 19.2. The molecule has 2 aromatic rings. The van der Waals surface area contributed by atoms with Crippen LogP contribution in [0.15, 0.2) is 34.4 Å². The lowest BCUT2D eigenvalue weighted by Gasteiger charge is -2.42. The van der Waals surface area contributed by atoms with Gasteiger partial charge in [-0.2, -0.15) is 15.0 Å². The molecule has 9 nitrogen and oxygen atoms in total. The number of rotatable bonds is 3. The normalized spacial score (nSPS) is 18.9. The standard InChI is InChI=1S/C19H23FN8O/c1-13-22-17(24-18(23-13)29-3)28-16(21-12-14-4-6-15(20)7-5-14)25-26-19(28)8-10-27(2)11-9-19/h4-7,12,26H,8-11H2,1-3H3/b21-12+. The van der Waals surface area contributed by atoms with E-state index in [0.717, 1.165) is 31.5 Å². The van der Waals surface area contributed by atoms with E-state index in [1.165, 1.54) is 19.2 Å². The first-order valence-electron chi connectivity index (χ1n) is 9.39. The first-order valence-corrected chi connectivity index (χ1v) is 9.39. The summed E-state index contributed by atoms with van der Waals surface area (Å²) in [6.45, 7) is 3.58. The third-order valence-corrected chi connectivity index (χ3v) is 5.10. The number of benzene rings is 1. The van der Waals surface area contributed by atoms with Gasteiger partial charge in [0.25, 0.3) is 5.96 Å². The third kappa shape index (κ3) is 3.88. The topological polar surface area (TPSA) is 91.1 Å². The van der Waals surface area contributed by atoms with E-state index >= 15 is 0 Å². The van der Waals surface area contributed by atoms with Crippen LogP contribution < -0.4 is 15.1 Å². The van der Waals surface area contributed by atoms with Crippen molar-refractivity contribution < 1.29 is 9.13 Å². The second-order valence-corrected chi connectivity index (χ2v) is 7.17. The van der Waals surface area contributed by atoms with Gasteiger partial charge in [0.15, 0.2) is 0 Å². The molecular weight excluding hydrogens is 375 g/mol. The summed E-state index contributed by atoms with van der Waals surface area (Å²) in [5.74, 6) is 1.12. The second-order valence-electron chi connectivity index (χ2n) is 7.17. The number of anilines is 1. The molecule has 0 aliphatic carbocycles. The number of hydrazone groups is 1. The van der Waals surface area contributed by atoms with Crippen LogP contribution in [0.3, 0.4) is 0 Å². The molecule has 0 saturated carbocycles. The smallest absolute Gasteiger partial charge is 0.321 e. The molecule has 0 unspecified atom stereocenters. The van der Waals surface area contributed by atoms with Crippen molar-refractivity contribution in [2.45, 2.75) is 25.4 Å². The van der Waals surface area contributed by atoms with Gasteiger partial charge in [-0.1, -0.05) is 12.1 Å². The van der Waals surface area contributed by atoms with Crippen molar-refractivity contribution in [1.29, 1.82) is 0 Å². The fourth-order valence-corrected chi connectivity index (χ4v) is 3.45. The highest BCUT2D eigenvalue weighted by Gasteiger charge is 2.47. The molecule has 10 heteroatoms. The molecule has 152 valence electrons. The molecule has 1 fully saturated rings. The van der Waals surface area contributed by atoms with Crippen LogP contribution >= 0.6 is 0 Å². The van der Waals surface area contributed by atoms with E-state index in [1.54, 1.807) is 25.3 Å². The summed E-state index contributed by atoms with van der Waals surface area (Å²) >= 11 is 0. The van der Waals surface area contributed by atoms with Gasteiger partial charge >= 0.3 is 6.01 Å². The predicted octanol–water partition coefficient (Wildman–Crippen LogP) is 1.55. The molecule has 1 aromatic carbocycles. The fraction of sp³-hybridized carbons (Fsp3) is 0.421.